The molecule has 2 nitrogen and oxygen atoms in total. The molecule has 2 aliphatic carbocycles. The summed E-state index contributed by atoms with van der Waals surface area (Å²) in [6.45, 7) is 18.5. The van der Waals surface area contributed by atoms with E-state index < -0.39 is 0 Å². The molecule has 0 radical (unpaired) electrons. The van der Waals surface area contributed by atoms with Crippen molar-refractivity contribution in [3.63, 3.8) is 0 Å². The number of hydrogen-bond donors (Lipinski definition) is 0. The monoisotopic (exact) mass is 512 g/mol. The lowest BCUT2D eigenvalue weighted by Gasteiger charge is -2.36. The highest BCUT2D eigenvalue weighted by Gasteiger charge is 2.34. The van der Waals surface area contributed by atoms with Crippen molar-refractivity contribution >= 4 is 22.8 Å². The SMILES string of the molecule is CC(C)c1cccc(C(C)C)c1N=C1CCCC[C@H]1[C@H]1CCCCC1=Nc1c(C(C)C)cccc1C(C)C. The van der Waals surface area contributed by atoms with E-state index in [0.29, 0.717) is 35.5 Å². The Kier molecular flexibility index (Phi) is 9.66. The topological polar surface area (TPSA) is 24.7 Å². The highest BCUT2D eigenvalue weighted by atomic mass is 14.8. The average Bonchev–Trinajstić information content (AvgIpc) is 2.89. The van der Waals surface area contributed by atoms with E-state index in [0.717, 1.165) is 12.8 Å². The highest BCUT2D eigenvalue weighted by molar-refractivity contribution is 5.98. The molecule has 0 amide bonds. The first-order chi connectivity index (χ1) is 18.2. The first-order valence-electron chi connectivity index (χ1n) is 15.6. The Balaban J connectivity index is 1.80. The average molecular weight is 513 g/mol. The second-order valence-corrected chi connectivity index (χ2v) is 13.1. The molecule has 4 rings (SSSR count). The van der Waals surface area contributed by atoms with Gasteiger partial charge < -0.3 is 0 Å². The summed E-state index contributed by atoms with van der Waals surface area (Å²) in [5, 5.41) is 0. The lowest BCUT2D eigenvalue weighted by molar-refractivity contribution is 0.391. The fourth-order valence-corrected chi connectivity index (χ4v) is 6.76. The standard InChI is InChI=1S/C36H52N2/c1-23(2)27-17-13-18-28(24(3)4)35(27)37-33-21-11-9-15-31(33)32-16-10-12-22-34(32)38-36-29(25(5)6)19-14-20-30(36)26(7)8/h13-14,17-20,23-26,31-32H,9-12,15-16,21-22H2,1-8H3/t31-,32+. The van der Waals surface area contributed by atoms with Crippen LogP contribution in [0.4, 0.5) is 11.4 Å². The van der Waals surface area contributed by atoms with E-state index in [4.69, 9.17) is 9.98 Å². The van der Waals surface area contributed by atoms with Crippen LogP contribution in [0.25, 0.3) is 0 Å². The molecule has 206 valence electrons. The van der Waals surface area contributed by atoms with Gasteiger partial charge in [0.05, 0.1) is 11.4 Å². The molecule has 2 aromatic rings. The fourth-order valence-electron chi connectivity index (χ4n) is 6.76. The molecule has 0 unspecified atom stereocenters. The first kappa shape index (κ1) is 28.8. The molecule has 2 atom stereocenters. The van der Waals surface area contributed by atoms with Crippen LogP contribution in [-0.2, 0) is 0 Å². The lowest BCUT2D eigenvalue weighted by Crippen LogP contribution is -2.34. The minimum atomic E-state index is 0.476. The summed E-state index contributed by atoms with van der Waals surface area (Å²) in [7, 11) is 0. The predicted molar refractivity (Wildman–Crippen MR) is 167 cm³/mol. The van der Waals surface area contributed by atoms with Crippen molar-refractivity contribution < 1.29 is 0 Å². The quantitative estimate of drug-likeness (QED) is 0.352. The molecule has 0 N–H and O–H groups in total. The molecule has 0 aromatic heterocycles. The summed E-state index contributed by atoms with van der Waals surface area (Å²) in [6, 6.07) is 13.7. The Labute approximate surface area is 233 Å². The van der Waals surface area contributed by atoms with Crippen molar-refractivity contribution in [3.8, 4) is 0 Å². The van der Waals surface area contributed by atoms with Crippen molar-refractivity contribution in [3.05, 3.63) is 58.7 Å². The van der Waals surface area contributed by atoms with Crippen LogP contribution in [0.3, 0.4) is 0 Å². The van der Waals surface area contributed by atoms with Gasteiger partial charge in [0.2, 0.25) is 0 Å². The second-order valence-electron chi connectivity index (χ2n) is 13.1. The molecule has 0 spiro atoms. The van der Waals surface area contributed by atoms with Crippen LogP contribution < -0.4 is 0 Å². The van der Waals surface area contributed by atoms with Gasteiger partial charge in [-0.2, -0.15) is 0 Å². The van der Waals surface area contributed by atoms with Crippen molar-refractivity contribution in [1.29, 1.82) is 0 Å². The van der Waals surface area contributed by atoms with Gasteiger partial charge in [0.15, 0.2) is 0 Å². The van der Waals surface area contributed by atoms with Gasteiger partial charge in [0.1, 0.15) is 0 Å². The maximum atomic E-state index is 5.61. The largest absolute Gasteiger partial charge is 0.257 e. The summed E-state index contributed by atoms with van der Waals surface area (Å²) in [6.07, 6.45) is 9.95. The van der Waals surface area contributed by atoms with Crippen LogP contribution >= 0.6 is 0 Å². The Morgan fingerprint density at radius 2 is 0.816 bits per heavy atom. The number of para-hydroxylation sites is 2. The van der Waals surface area contributed by atoms with Crippen LogP contribution in [-0.4, -0.2) is 11.4 Å². The molecule has 2 saturated carbocycles. The van der Waals surface area contributed by atoms with Gasteiger partial charge in [0, 0.05) is 23.3 Å². The third-order valence-corrected chi connectivity index (χ3v) is 8.93. The van der Waals surface area contributed by atoms with E-state index in [9.17, 15) is 0 Å². The number of hydrogen-bond acceptors (Lipinski definition) is 2. The normalized spacial score (nSPS) is 22.9. The lowest BCUT2D eigenvalue weighted by atomic mass is 9.71. The molecule has 2 aromatic carbocycles. The third-order valence-electron chi connectivity index (χ3n) is 8.93. The Bertz CT molecular complexity index is 1000. The summed E-state index contributed by atoms with van der Waals surface area (Å²) in [5.74, 6) is 2.95. The highest BCUT2D eigenvalue weighted by Crippen LogP contribution is 2.42. The summed E-state index contributed by atoms with van der Waals surface area (Å²) < 4.78 is 0. The number of benzene rings is 2. The summed E-state index contributed by atoms with van der Waals surface area (Å²) in [5.41, 5.74) is 11.0. The fraction of sp³-hybridized carbons (Fsp3) is 0.611. The van der Waals surface area contributed by atoms with Gasteiger partial charge in [-0.15, -0.1) is 0 Å². The zero-order valence-electron chi connectivity index (χ0n) is 25.5. The van der Waals surface area contributed by atoms with Crippen molar-refractivity contribution in [2.45, 2.75) is 130 Å². The van der Waals surface area contributed by atoms with Gasteiger partial charge in [-0.1, -0.05) is 105 Å². The molecule has 2 fully saturated rings. The number of aliphatic imine (C=N–C) groups is 2. The van der Waals surface area contributed by atoms with Crippen LogP contribution in [0.1, 0.15) is 153 Å². The van der Waals surface area contributed by atoms with Crippen LogP contribution in [0.5, 0.6) is 0 Å². The van der Waals surface area contributed by atoms with Crippen LogP contribution in [0, 0.1) is 11.8 Å². The van der Waals surface area contributed by atoms with Gasteiger partial charge in [-0.05, 0) is 84.5 Å². The zero-order valence-corrected chi connectivity index (χ0v) is 25.5. The van der Waals surface area contributed by atoms with E-state index in [-0.39, 0.29) is 0 Å². The van der Waals surface area contributed by atoms with Crippen LogP contribution in [0.2, 0.25) is 0 Å². The van der Waals surface area contributed by atoms with E-state index in [1.165, 1.54) is 83.6 Å². The van der Waals surface area contributed by atoms with E-state index in [1.807, 2.05) is 0 Å². The van der Waals surface area contributed by atoms with Crippen molar-refractivity contribution in [1.82, 2.24) is 0 Å². The van der Waals surface area contributed by atoms with Gasteiger partial charge in [-0.25, -0.2) is 0 Å². The summed E-state index contributed by atoms with van der Waals surface area (Å²) in [4.78, 5) is 11.2. The van der Waals surface area contributed by atoms with Crippen LogP contribution in [0.15, 0.2) is 46.4 Å². The van der Waals surface area contributed by atoms with Gasteiger partial charge >= 0.3 is 0 Å². The van der Waals surface area contributed by atoms with E-state index in [1.54, 1.807) is 0 Å². The molecule has 2 heteroatoms. The summed E-state index contributed by atoms with van der Waals surface area (Å²) >= 11 is 0. The maximum absolute atomic E-state index is 5.61. The third kappa shape index (κ3) is 6.32. The number of nitrogens with zero attached hydrogens (tertiary/aromatic N) is 2. The molecule has 38 heavy (non-hydrogen) atoms. The van der Waals surface area contributed by atoms with Crippen molar-refractivity contribution in [2.75, 3.05) is 0 Å². The molecule has 0 heterocycles. The van der Waals surface area contributed by atoms with Gasteiger partial charge in [0.25, 0.3) is 0 Å². The minimum Gasteiger partial charge on any atom is -0.257 e. The minimum absolute atomic E-state index is 0.476. The maximum Gasteiger partial charge on any atom is 0.0698 e. The second kappa shape index (κ2) is 12.8. The smallest absolute Gasteiger partial charge is 0.0698 e. The molecular formula is C36H52N2. The van der Waals surface area contributed by atoms with E-state index >= 15 is 0 Å². The molecule has 2 aliphatic rings. The Hall–Kier alpha value is -2.22. The van der Waals surface area contributed by atoms with Crippen molar-refractivity contribution in [2.24, 2.45) is 21.8 Å². The Morgan fingerprint density at radius 3 is 1.11 bits per heavy atom. The zero-order chi connectivity index (χ0) is 27.4. The van der Waals surface area contributed by atoms with Gasteiger partial charge in [-0.3, -0.25) is 9.98 Å². The molecule has 0 saturated heterocycles. The number of rotatable bonds is 7. The van der Waals surface area contributed by atoms with E-state index in [2.05, 4.69) is 91.8 Å². The first-order valence-corrected chi connectivity index (χ1v) is 15.6. The Morgan fingerprint density at radius 1 is 0.500 bits per heavy atom. The molecule has 0 bridgehead atoms. The predicted octanol–water partition coefficient (Wildman–Crippen LogP) is 11.4. The molecule has 0 aliphatic heterocycles. The molecular weight excluding hydrogens is 460 g/mol.